The quantitative estimate of drug-likeness (QED) is 0.921. The second-order valence-corrected chi connectivity index (χ2v) is 5.14. The first-order chi connectivity index (χ1) is 7.74. The van der Waals surface area contributed by atoms with Crippen LogP contribution in [0.4, 0.5) is 0 Å². The van der Waals surface area contributed by atoms with E-state index >= 15 is 0 Å². The van der Waals surface area contributed by atoms with Crippen molar-refractivity contribution in [2.24, 2.45) is 0 Å². The second-order valence-electron chi connectivity index (χ2n) is 4.22. The van der Waals surface area contributed by atoms with Gasteiger partial charge in [-0.05, 0) is 28.8 Å². The van der Waals surface area contributed by atoms with Crippen LogP contribution in [0.1, 0.15) is 32.1 Å². The number of aryl methyl sites for hydroxylation is 1. The molecule has 0 radical (unpaired) electrons. The minimum atomic E-state index is 0.138. The van der Waals surface area contributed by atoms with Gasteiger partial charge in [-0.25, -0.2) is 0 Å². The number of hydrogen-bond donors (Lipinski definition) is 1. The molecule has 1 N–H and O–H groups in total. The van der Waals surface area contributed by atoms with E-state index in [0.29, 0.717) is 19.0 Å². The molecule has 0 bridgehead atoms. The SMILES string of the molecule is O=C(CCn1cc(Br)cn1)NC1CCCC1. The molecule has 2 rings (SSSR count). The van der Waals surface area contributed by atoms with Crippen LogP contribution in [0.3, 0.4) is 0 Å². The van der Waals surface area contributed by atoms with Gasteiger partial charge in [-0.2, -0.15) is 5.10 Å². The molecule has 0 aromatic carbocycles. The highest BCUT2D eigenvalue weighted by atomic mass is 79.9. The Bertz CT molecular complexity index is 358. The lowest BCUT2D eigenvalue weighted by atomic mass is 10.2. The van der Waals surface area contributed by atoms with Gasteiger partial charge in [-0.15, -0.1) is 0 Å². The van der Waals surface area contributed by atoms with Crippen LogP contribution in [0.25, 0.3) is 0 Å². The first-order valence-corrected chi connectivity index (χ1v) is 6.50. The van der Waals surface area contributed by atoms with Gasteiger partial charge in [-0.3, -0.25) is 9.48 Å². The number of carbonyl (C=O) groups is 1. The first kappa shape index (κ1) is 11.6. The molecule has 88 valence electrons. The van der Waals surface area contributed by atoms with Gasteiger partial charge in [0.25, 0.3) is 0 Å². The number of halogens is 1. The third-order valence-corrected chi connectivity index (χ3v) is 3.30. The van der Waals surface area contributed by atoms with E-state index in [4.69, 9.17) is 0 Å². The van der Waals surface area contributed by atoms with Gasteiger partial charge in [0, 0.05) is 25.2 Å². The lowest BCUT2D eigenvalue weighted by Crippen LogP contribution is -2.33. The summed E-state index contributed by atoms with van der Waals surface area (Å²) < 4.78 is 2.72. The number of amides is 1. The smallest absolute Gasteiger partial charge is 0.222 e. The summed E-state index contributed by atoms with van der Waals surface area (Å²) in [5.41, 5.74) is 0. The van der Waals surface area contributed by atoms with E-state index in [1.165, 1.54) is 12.8 Å². The molecule has 4 nitrogen and oxygen atoms in total. The molecular formula is C11H16BrN3O. The Morgan fingerprint density at radius 1 is 1.56 bits per heavy atom. The maximum Gasteiger partial charge on any atom is 0.222 e. The Morgan fingerprint density at radius 3 is 2.94 bits per heavy atom. The zero-order valence-electron chi connectivity index (χ0n) is 9.16. The molecule has 1 saturated carbocycles. The molecule has 0 atom stereocenters. The molecule has 1 aromatic heterocycles. The molecule has 1 aliphatic carbocycles. The number of carbonyl (C=O) groups excluding carboxylic acids is 1. The Labute approximate surface area is 104 Å². The molecule has 1 heterocycles. The van der Waals surface area contributed by atoms with Crippen molar-refractivity contribution in [3.63, 3.8) is 0 Å². The summed E-state index contributed by atoms with van der Waals surface area (Å²) in [6.45, 7) is 0.643. The minimum Gasteiger partial charge on any atom is -0.353 e. The lowest BCUT2D eigenvalue weighted by Gasteiger charge is -2.11. The van der Waals surface area contributed by atoms with Gasteiger partial charge in [0.2, 0.25) is 5.91 Å². The summed E-state index contributed by atoms with van der Waals surface area (Å²) in [5, 5.41) is 7.17. The molecule has 1 fully saturated rings. The fourth-order valence-electron chi connectivity index (χ4n) is 2.05. The standard InChI is InChI=1S/C11H16BrN3O/c12-9-7-13-15(8-9)6-5-11(16)14-10-3-1-2-4-10/h7-8,10H,1-6H2,(H,14,16). The average molecular weight is 286 g/mol. The van der Waals surface area contributed by atoms with Gasteiger partial charge >= 0.3 is 0 Å². The molecule has 1 amide bonds. The largest absolute Gasteiger partial charge is 0.353 e. The van der Waals surface area contributed by atoms with Crippen LogP contribution in [-0.4, -0.2) is 21.7 Å². The molecule has 0 aliphatic heterocycles. The summed E-state index contributed by atoms with van der Waals surface area (Å²) in [6, 6.07) is 0.414. The van der Waals surface area contributed by atoms with E-state index in [1.54, 1.807) is 10.9 Å². The van der Waals surface area contributed by atoms with Crippen molar-refractivity contribution in [1.29, 1.82) is 0 Å². The Hall–Kier alpha value is -0.840. The zero-order valence-corrected chi connectivity index (χ0v) is 10.7. The topological polar surface area (TPSA) is 46.9 Å². The summed E-state index contributed by atoms with van der Waals surface area (Å²) in [5.74, 6) is 0.138. The van der Waals surface area contributed by atoms with Crippen molar-refractivity contribution in [3.8, 4) is 0 Å². The maximum atomic E-state index is 11.6. The lowest BCUT2D eigenvalue weighted by molar-refractivity contribution is -0.122. The van der Waals surface area contributed by atoms with E-state index in [0.717, 1.165) is 17.3 Å². The maximum absolute atomic E-state index is 11.6. The molecule has 5 heteroatoms. The van der Waals surface area contributed by atoms with Crippen molar-refractivity contribution < 1.29 is 4.79 Å². The van der Waals surface area contributed by atoms with Gasteiger partial charge < -0.3 is 5.32 Å². The molecule has 0 spiro atoms. The van der Waals surface area contributed by atoms with Gasteiger partial charge in [0.05, 0.1) is 10.7 Å². The minimum absolute atomic E-state index is 0.138. The number of rotatable bonds is 4. The second kappa shape index (κ2) is 5.48. The van der Waals surface area contributed by atoms with E-state index in [9.17, 15) is 4.79 Å². The van der Waals surface area contributed by atoms with Crippen LogP contribution in [0.15, 0.2) is 16.9 Å². The molecule has 0 saturated heterocycles. The van der Waals surface area contributed by atoms with Crippen LogP contribution in [0.5, 0.6) is 0 Å². The normalized spacial score (nSPS) is 16.6. The summed E-state index contributed by atoms with van der Waals surface area (Å²) in [4.78, 5) is 11.6. The third-order valence-electron chi connectivity index (χ3n) is 2.89. The third kappa shape index (κ3) is 3.33. The highest BCUT2D eigenvalue weighted by Crippen LogP contribution is 2.17. The number of hydrogen-bond acceptors (Lipinski definition) is 2. The molecule has 0 unspecified atom stereocenters. The van der Waals surface area contributed by atoms with E-state index in [-0.39, 0.29) is 5.91 Å². The highest BCUT2D eigenvalue weighted by Gasteiger charge is 2.16. The Morgan fingerprint density at radius 2 is 2.31 bits per heavy atom. The van der Waals surface area contributed by atoms with Gasteiger partial charge in [0.1, 0.15) is 0 Å². The highest BCUT2D eigenvalue weighted by molar-refractivity contribution is 9.10. The predicted octanol–water partition coefficient (Wildman–Crippen LogP) is 2.09. The number of nitrogens with one attached hydrogen (secondary N) is 1. The summed E-state index contributed by atoms with van der Waals surface area (Å²) in [7, 11) is 0. The molecular weight excluding hydrogens is 270 g/mol. The number of nitrogens with zero attached hydrogens (tertiary/aromatic N) is 2. The van der Waals surface area contributed by atoms with E-state index in [1.807, 2.05) is 6.20 Å². The summed E-state index contributed by atoms with van der Waals surface area (Å²) >= 11 is 3.33. The van der Waals surface area contributed by atoms with Crippen molar-refractivity contribution in [3.05, 3.63) is 16.9 Å². The van der Waals surface area contributed by atoms with Crippen molar-refractivity contribution in [2.75, 3.05) is 0 Å². The van der Waals surface area contributed by atoms with Crippen molar-refractivity contribution in [2.45, 2.75) is 44.7 Å². The van der Waals surface area contributed by atoms with E-state index < -0.39 is 0 Å². The van der Waals surface area contributed by atoms with Crippen LogP contribution >= 0.6 is 15.9 Å². The number of aromatic nitrogens is 2. The fourth-order valence-corrected chi connectivity index (χ4v) is 2.37. The molecule has 1 aliphatic rings. The van der Waals surface area contributed by atoms with Crippen LogP contribution in [-0.2, 0) is 11.3 Å². The Balaban J connectivity index is 1.71. The average Bonchev–Trinajstić information content (AvgIpc) is 2.87. The van der Waals surface area contributed by atoms with Gasteiger partial charge in [-0.1, -0.05) is 12.8 Å². The monoisotopic (exact) mass is 285 g/mol. The molecule has 1 aromatic rings. The van der Waals surface area contributed by atoms with Crippen LogP contribution < -0.4 is 5.32 Å². The van der Waals surface area contributed by atoms with Gasteiger partial charge in [0.15, 0.2) is 0 Å². The zero-order chi connectivity index (χ0) is 11.4. The van der Waals surface area contributed by atoms with Crippen molar-refractivity contribution in [1.82, 2.24) is 15.1 Å². The van der Waals surface area contributed by atoms with E-state index in [2.05, 4.69) is 26.3 Å². The summed E-state index contributed by atoms with van der Waals surface area (Å²) in [6.07, 6.45) is 8.88. The van der Waals surface area contributed by atoms with Crippen molar-refractivity contribution >= 4 is 21.8 Å². The fraction of sp³-hybridized carbons (Fsp3) is 0.636. The first-order valence-electron chi connectivity index (χ1n) is 5.71. The van der Waals surface area contributed by atoms with Crippen LogP contribution in [0.2, 0.25) is 0 Å². The van der Waals surface area contributed by atoms with Crippen LogP contribution in [0, 0.1) is 0 Å². The molecule has 16 heavy (non-hydrogen) atoms. The Kier molecular flexibility index (Phi) is 3.98. The predicted molar refractivity (Wildman–Crippen MR) is 64.9 cm³/mol.